The largest absolute Gasteiger partial charge is 0.494 e. The molecule has 300 valence electrons. The summed E-state index contributed by atoms with van der Waals surface area (Å²) >= 11 is 0. The van der Waals surface area contributed by atoms with Crippen molar-refractivity contribution in [1.82, 2.24) is 25.2 Å². The molecule has 3 N–H and O–H groups in total. The summed E-state index contributed by atoms with van der Waals surface area (Å²) in [5.41, 5.74) is -2.61. The Kier molecular flexibility index (Phi) is 10.8. The highest BCUT2D eigenvalue weighted by molar-refractivity contribution is 7.91. The lowest BCUT2D eigenvalue weighted by molar-refractivity contribution is -0.142. The number of nitrogens with zero attached hydrogens (tertiary/aromatic N) is 2. The number of alkyl halides is 1. The van der Waals surface area contributed by atoms with Crippen LogP contribution in [0.1, 0.15) is 79.6 Å². The zero-order chi connectivity index (χ0) is 40.1. The van der Waals surface area contributed by atoms with Crippen LogP contribution in [0.5, 0.6) is 11.6 Å². The molecule has 6 rings (SSSR count). The molecule has 7 atom stereocenters. The van der Waals surface area contributed by atoms with Gasteiger partial charge in [-0.15, -0.1) is 0 Å². The number of ether oxygens (including phenoxy) is 3. The number of hydrogen-bond acceptors (Lipinski definition) is 10. The fraction of sp³-hybridized carbons (Fsp3) is 0.605. The van der Waals surface area contributed by atoms with E-state index in [0.29, 0.717) is 30.0 Å². The Morgan fingerprint density at radius 2 is 1.85 bits per heavy atom. The molecule has 55 heavy (non-hydrogen) atoms. The van der Waals surface area contributed by atoms with Crippen LogP contribution in [0.25, 0.3) is 10.8 Å². The van der Waals surface area contributed by atoms with Gasteiger partial charge in [0.2, 0.25) is 22.7 Å². The number of alkyl carbamates (subject to hydrolysis) is 1. The number of nitrogens with one attached hydrogen (secondary N) is 3. The van der Waals surface area contributed by atoms with Gasteiger partial charge < -0.3 is 29.7 Å². The number of aromatic nitrogens is 1. The maximum absolute atomic E-state index is 14.8. The van der Waals surface area contributed by atoms with E-state index < -0.39 is 85.8 Å². The van der Waals surface area contributed by atoms with Crippen LogP contribution in [0, 0.1) is 23.6 Å². The number of hydrogen-bond donors (Lipinski definition) is 3. The van der Waals surface area contributed by atoms with Crippen molar-refractivity contribution in [3.05, 3.63) is 42.4 Å². The number of sulfonamides is 1. The van der Waals surface area contributed by atoms with Gasteiger partial charge in [-0.2, -0.15) is 0 Å². The summed E-state index contributed by atoms with van der Waals surface area (Å²) in [5, 5.41) is 3.79. The van der Waals surface area contributed by atoms with Gasteiger partial charge in [-0.1, -0.05) is 26.0 Å². The molecule has 1 unspecified atom stereocenters. The fourth-order valence-electron chi connectivity index (χ4n) is 7.48. The molecule has 0 spiro atoms. The van der Waals surface area contributed by atoms with Crippen LogP contribution in [-0.2, 0) is 29.1 Å². The summed E-state index contributed by atoms with van der Waals surface area (Å²) < 4.78 is 74.0. The molecule has 1 saturated heterocycles. The second-order valence-corrected chi connectivity index (χ2v) is 18.3. The van der Waals surface area contributed by atoms with Gasteiger partial charge in [-0.25, -0.2) is 31.7 Å². The molecule has 17 heteroatoms. The summed E-state index contributed by atoms with van der Waals surface area (Å²) in [6.07, 6.45) is 4.62. The standard InChI is InChI=1S/C38H49F2N5O9S/c1-21-9-7-8-10-24-19-38(24,34(48)44-55(50,51)37(40)12-13-37)43-31(46)28-17-25(53-32-26-18-27(39)29(52-6)16-23(26)11-14-41-32)20-45(28)33(47)30(22(2)15-21)42-35(49)54-36(3,4)5/h8,10-11,14,16,18,21-22,24-25,28,30H,7,9,12-13,15,17,19-20H2,1-6H3,(H,42,49)(H,43,46)(H,44,48)/b10-8-/t21-,22-,24?,25-,28+,30+,38-/m1/s1. The summed E-state index contributed by atoms with van der Waals surface area (Å²) in [6.45, 7) is 8.76. The molecular weight excluding hydrogens is 741 g/mol. The van der Waals surface area contributed by atoms with E-state index in [4.69, 9.17) is 14.2 Å². The molecule has 2 aliphatic carbocycles. The average Bonchev–Trinajstić information content (AvgIpc) is 3.98. The van der Waals surface area contributed by atoms with Gasteiger partial charge >= 0.3 is 6.09 Å². The second-order valence-electron chi connectivity index (χ2n) is 16.3. The lowest BCUT2D eigenvalue weighted by Crippen LogP contribution is -2.59. The summed E-state index contributed by atoms with van der Waals surface area (Å²) in [5.74, 6) is -3.99. The molecule has 2 aromatic rings. The molecule has 4 aliphatic rings. The fourth-order valence-corrected chi connectivity index (χ4v) is 8.73. The van der Waals surface area contributed by atoms with Gasteiger partial charge in [0.25, 0.3) is 15.9 Å². The van der Waals surface area contributed by atoms with E-state index in [1.54, 1.807) is 32.9 Å². The number of carbonyl (C=O) groups is 4. The Hall–Kier alpha value is -4.54. The predicted octanol–water partition coefficient (Wildman–Crippen LogP) is 4.42. The van der Waals surface area contributed by atoms with Crippen molar-refractivity contribution in [2.75, 3.05) is 13.7 Å². The monoisotopic (exact) mass is 789 g/mol. The van der Waals surface area contributed by atoms with Crippen LogP contribution in [0.2, 0.25) is 0 Å². The minimum absolute atomic E-state index is 0.0171. The number of allylic oxidation sites excluding steroid dienone is 1. The van der Waals surface area contributed by atoms with E-state index in [-0.39, 0.29) is 49.8 Å². The molecule has 2 aliphatic heterocycles. The van der Waals surface area contributed by atoms with Gasteiger partial charge in [-0.05, 0) is 81.9 Å². The highest BCUT2D eigenvalue weighted by Gasteiger charge is 2.64. The first kappa shape index (κ1) is 40.1. The summed E-state index contributed by atoms with van der Waals surface area (Å²) in [6, 6.07) is 1.94. The number of fused-ring (bicyclic) bond motifs is 3. The molecule has 0 bridgehead atoms. The number of benzene rings is 1. The SMILES string of the molecule is COc1cc2ccnc(O[C@@H]3C[C@H]4C(=O)N[C@]5(C(=O)NS(=O)(=O)C6(F)CC6)CC5/C=C\CC[C@@H](C)C[C@@H](C)[C@H](NC(=O)OC(C)(C)C)C(=O)N4C3)c2cc1F. The quantitative estimate of drug-likeness (QED) is 0.340. The van der Waals surface area contributed by atoms with Crippen molar-refractivity contribution in [3.63, 3.8) is 0 Å². The topological polar surface area (TPSA) is 182 Å². The minimum atomic E-state index is -4.69. The Morgan fingerprint density at radius 3 is 2.53 bits per heavy atom. The highest BCUT2D eigenvalue weighted by atomic mass is 32.2. The van der Waals surface area contributed by atoms with Crippen molar-refractivity contribution >= 4 is 44.6 Å². The van der Waals surface area contributed by atoms with Gasteiger partial charge in [0.1, 0.15) is 29.3 Å². The molecule has 1 aromatic carbocycles. The minimum Gasteiger partial charge on any atom is -0.494 e. The lowest BCUT2D eigenvalue weighted by Gasteiger charge is -2.33. The van der Waals surface area contributed by atoms with E-state index >= 15 is 0 Å². The van der Waals surface area contributed by atoms with Crippen LogP contribution in [0.3, 0.4) is 0 Å². The first-order valence-corrected chi connectivity index (χ1v) is 20.1. The van der Waals surface area contributed by atoms with Crippen molar-refractivity contribution < 1.29 is 50.6 Å². The summed E-state index contributed by atoms with van der Waals surface area (Å²) in [4.78, 5) is 61.5. The Labute approximate surface area is 319 Å². The van der Waals surface area contributed by atoms with E-state index in [9.17, 15) is 36.4 Å². The van der Waals surface area contributed by atoms with Crippen LogP contribution in [0.15, 0.2) is 36.5 Å². The van der Waals surface area contributed by atoms with Gasteiger partial charge in [0, 0.05) is 36.8 Å². The first-order valence-electron chi connectivity index (χ1n) is 18.6. The van der Waals surface area contributed by atoms with E-state index in [1.807, 2.05) is 24.6 Å². The van der Waals surface area contributed by atoms with Crippen molar-refractivity contribution in [1.29, 1.82) is 0 Å². The number of halogens is 2. The zero-order valence-electron chi connectivity index (χ0n) is 31.8. The first-order chi connectivity index (χ1) is 25.8. The van der Waals surface area contributed by atoms with E-state index in [0.717, 1.165) is 0 Å². The predicted molar refractivity (Wildman–Crippen MR) is 196 cm³/mol. The van der Waals surface area contributed by atoms with Crippen LogP contribution in [-0.4, -0.2) is 90.1 Å². The molecule has 3 fully saturated rings. The van der Waals surface area contributed by atoms with Gasteiger partial charge in [-0.3, -0.25) is 14.4 Å². The average molecular weight is 790 g/mol. The number of carbonyl (C=O) groups excluding carboxylic acids is 4. The Bertz CT molecular complexity index is 2000. The Balaban J connectivity index is 1.35. The van der Waals surface area contributed by atoms with Gasteiger partial charge in [0.15, 0.2) is 11.6 Å². The van der Waals surface area contributed by atoms with Crippen LogP contribution in [0.4, 0.5) is 13.6 Å². The third-order valence-corrected chi connectivity index (χ3v) is 12.5. The maximum Gasteiger partial charge on any atom is 0.408 e. The molecule has 14 nitrogen and oxygen atoms in total. The third-order valence-electron chi connectivity index (χ3n) is 10.7. The number of pyridine rings is 1. The number of rotatable bonds is 7. The highest BCUT2D eigenvalue weighted by Crippen LogP contribution is 2.48. The number of amides is 4. The molecule has 2 saturated carbocycles. The normalized spacial score (nSPS) is 30.1. The van der Waals surface area contributed by atoms with Crippen LogP contribution >= 0.6 is 0 Å². The van der Waals surface area contributed by atoms with Crippen molar-refractivity contribution in [3.8, 4) is 11.6 Å². The maximum atomic E-state index is 14.8. The van der Waals surface area contributed by atoms with E-state index in [1.165, 1.54) is 30.3 Å². The van der Waals surface area contributed by atoms with Crippen molar-refractivity contribution in [2.24, 2.45) is 17.8 Å². The Morgan fingerprint density at radius 1 is 1.13 bits per heavy atom. The molecular formula is C38H49F2N5O9S. The smallest absolute Gasteiger partial charge is 0.408 e. The molecule has 0 radical (unpaired) electrons. The molecule has 1 aromatic heterocycles. The third kappa shape index (κ3) is 8.50. The second kappa shape index (κ2) is 14.8. The zero-order valence-corrected chi connectivity index (χ0v) is 32.6. The van der Waals surface area contributed by atoms with Crippen molar-refractivity contribution in [2.45, 2.75) is 114 Å². The molecule has 3 heterocycles. The van der Waals surface area contributed by atoms with Gasteiger partial charge in [0.05, 0.1) is 13.7 Å². The summed E-state index contributed by atoms with van der Waals surface area (Å²) in [7, 11) is -3.35. The van der Waals surface area contributed by atoms with E-state index in [2.05, 4.69) is 15.6 Å². The molecule has 4 amide bonds. The lowest BCUT2D eigenvalue weighted by atomic mass is 9.88. The number of methoxy groups -OCH3 is 1. The van der Waals surface area contributed by atoms with Crippen LogP contribution < -0.4 is 24.8 Å².